The second kappa shape index (κ2) is 10.9. The zero-order valence-corrected chi connectivity index (χ0v) is 25.9. The number of cyclic esters (lactones) is 1. The molecule has 0 spiro atoms. The molecule has 0 aromatic heterocycles. The molecule has 1 aliphatic heterocycles. The van der Waals surface area contributed by atoms with E-state index >= 15 is 0 Å². The third-order valence-corrected chi connectivity index (χ3v) is 11.8. The van der Waals surface area contributed by atoms with Crippen molar-refractivity contribution in [3.63, 3.8) is 0 Å². The van der Waals surface area contributed by atoms with E-state index in [2.05, 4.69) is 20.8 Å². The first-order valence-electron chi connectivity index (χ1n) is 15.1. The van der Waals surface area contributed by atoms with Crippen molar-refractivity contribution in [2.75, 3.05) is 13.7 Å². The zero-order chi connectivity index (χ0) is 29.7. The number of methoxy groups -OCH3 is 1. The Kier molecular flexibility index (Phi) is 8.41. The molecule has 1 fully saturated rings. The van der Waals surface area contributed by atoms with Crippen LogP contribution in [0.25, 0.3) is 0 Å². The van der Waals surface area contributed by atoms with Gasteiger partial charge < -0.3 is 19.3 Å². The van der Waals surface area contributed by atoms with E-state index in [1.807, 2.05) is 26.8 Å². The summed E-state index contributed by atoms with van der Waals surface area (Å²) < 4.78 is 16.7. The molecule has 7 nitrogen and oxygen atoms in total. The van der Waals surface area contributed by atoms with E-state index in [0.29, 0.717) is 17.9 Å². The van der Waals surface area contributed by atoms with Crippen LogP contribution in [0.3, 0.4) is 0 Å². The van der Waals surface area contributed by atoms with Gasteiger partial charge in [0.05, 0.1) is 12.7 Å². The first kappa shape index (κ1) is 30.8. The fraction of sp³-hybridized carbons (Fsp3) is 0.788. The number of ether oxygens (including phenoxy) is 3. The van der Waals surface area contributed by atoms with Crippen LogP contribution < -0.4 is 0 Å². The van der Waals surface area contributed by atoms with E-state index in [1.54, 1.807) is 0 Å². The van der Waals surface area contributed by atoms with Crippen LogP contribution in [0.4, 0.5) is 0 Å². The molecule has 3 aliphatic carbocycles. The SMILES string of the molecule is COC(=O)CC[C@]1(COC(C)=O)C2=C(CC[C@H]1C(C)(C)O)[C@]1(C)CC[C@H]([C@H](C)[C@H]3CC=C(C)C(=O)O3)[C@@]1(C)CC2. The topological polar surface area (TPSA) is 99.1 Å². The smallest absolute Gasteiger partial charge is 0.333 e. The van der Waals surface area contributed by atoms with Crippen LogP contribution in [0.15, 0.2) is 22.8 Å². The van der Waals surface area contributed by atoms with Crippen LogP contribution in [0.1, 0.15) is 106 Å². The molecule has 1 N–H and O–H groups in total. The Bertz CT molecular complexity index is 1100. The molecule has 0 aromatic rings. The summed E-state index contributed by atoms with van der Waals surface area (Å²) in [6, 6.07) is 0. The predicted molar refractivity (Wildman–Crippen MR) is 152 cm³/mol. The van der Waals surface area contributed by atoms with Gasteiger partial charge in [-0.25, -0.2) is 4.79 Å². The number of carbonyl (C=O) groups is 3. The maximum Gasteiger partial charge on any atom is 0.333 e. The van der Waals surface area contributed by atoms with E-state index in [9.17, 15) is 19.5 Å². The number of aliphatic hydroxyl groups is 1. The van der Waals surface area contributed by atoms with Crippen molar-refractivity contribution in [1.29, 1.82) is 0 Å². The van der Waals surface area contributed by atoms with E-state index in [0.717, 1.165) is 44.9 Å². The van der Waals surface area contributed by atoms with Crippen LogP contribution in [-0.2, 0) is 28.6 Å². The molecule has 0 bridgehead atoms. The molecule has 224 valence electrons. The predicted octanol–water partition coefficient (Wildman–Crippen LogP) is 6.08. The number of fused-ring (bicyclic) bond motifs is 2. The third-order valence-electron chi connectivity index (χ3n) is 11.8. The largest absolute Gasteiger partial charge is 0.469 e. The van der Waals surface area contributed by atoms with Crippen molar-refractivity contribution in [3.8, 4) is 0 Å². The first-order valence-corrected chi connectivity index (χ1v) is 15.1. The maximum atomic E-state index is 12.4. The maximum absolute atomic E-state index is 12.4. The number of hydrogen-bond donors (Lipinski definition) is 1. The van der Waals surface area contributed by atoms with Crippen molar-refractivity contribution < 1.29 is 33.7 Å². The van der Waals surface area contributed by atoms with Crippen LogP contribution in [0.5, 0.6) is 0 Å². The minimum Gasteiger partial charge on any atom is -0.469 e. The highest BCUT2D eigenvalue weighted by Gasteiger charge is 2.63. The van der Waals surface area contributed by atoms with Crippen molar-refractivity contribution in [2.24, 2.45) is 34.0 Å². The van der Waals surface area contributed by atoms with Gasteiger partial charge in [-0.05, 0) is 88.4 Å². The highest BCUT2D eigenvalue weighted by Crippen LogP contribution is 2.71. The zero-order valence-electron chi connectivity index (χ0n) is 25.9. The fourth-order valence-corrected chi connectivity index (χ4v) is 9.39. The van der Waals surface area contributed by atoms with E-state index in [-0.39, 0.29) is 59.7 Å². The van der Waals surface area contributed by atoms with Gasteiger partial charge >= 0.3 is 17.9 Å². The van der Waals surface area contributed by atoms with Crippen molar-refractivity contribution in [3.05, 3.63) is 22.8 Å². The summed E-state index contributed by atoms with van der Waals surface area (Å²) in [6.07, 6.45) is 8.91. The minimum absolute atomic E-state index is 0.0188. The standard InChI is InChI=1S/C33H50O7/c1-20-9-11-26(40-29(20)36)21(2)23-13-16-32(7)24-10-12-27(30(4,5)37)33(19-39-22(3)34,18-15-28(35)38-8)25(24)14-17-31(23,32)6/h9,21,23,26-27,37H,10-19H2,1-8H3/t21-,23+,26+,27-,31+,32-,33-/m0/s1. The Morgan fingerprint density at radius 1 is 1.18 bits per heavy atom. The van der Waals surface area contributed by atoms with Crippen molar-refractivity contribution in [2.45, 2.75) is 118 Å². The van der Waals surface area contributed by atoms with Crippen LogP contribution >= 0.6 is 0 Å². The number of hydrogen-bond acceptors (Lipinski definition) is 7. The van der Waals surface area contributed by atoms with E-state index < -0.39 is 11.0 Å². The summed E-state index contributed by atoms with van der Waals surface area (Å²) in [5, 5.41) is 11.4. The molecule has 4 aliphatic rings. The Hall–Kier alpha value is -2.15. The number of allylic oxidation sites excluding steroid dienone is 1. The molecule has 4 rings (SSSR count). The van der Waals surface area contributed by atoms with Crippen LogP contribution in [-0.4, -0.2) is 48.4 Å². The Labute approximate surface area is 240 Å². The molecule has 40 heavy (non-hydrogen) atoms. The molecular formula is C33H50O7. The average Bonchev–Trinajstić information content (AvgIpc) is 3.17. The fourth-order valence-electron chi connectivity index (χ4n) is 9.39. The van der Waals surface area contributed by atoms with Gasteiger partial charge in [-0.3, -0.25) is 9.59 Å². The lowest BCUT2D eigenvalue weighted by Gasteiger charge is -2.59. The molecule has 0 unspecified atom stereocenters. The highest BCUT2D eigenvalue weighted by atomic mass is 16.5. The summed E-state index contributed by atoms with van der Waals surface area (Å²) in [7, 11) is 1.40. The van der Waals surface area contributed by atoms with Gasteiger partial charge in [0.1, 0.15) is 12.7 Å². The van der Waals surface area contributed by atoms with Gasteiger partial charge in [0, 0.05) is 36.7 Å². The molecule has 7 atom stereocenters. The number of esters is 3. The van der Waals surface area contributed by atoms with Gasteiger partial charge in [0.2, 0.25) is 0 Å². The van der Waals surface area contributed by atoms with Crippen LogP contribution in [0.2, 0.25) is 0 Å². The summed E-state index contributed by atoms with van der Waals surface area (Å²) >= 11 is 0. The van der Waals surface area contributed by atoms with Gasteiger partial charge in [0.25, 0.3) is 0 Å². The summed E-state index contributed by atoms with van der Waals surface area (Å²) in [5.41, 5.74) is 1.71. The van der Waals surface area contributed by atoms with Gasteiger partial charge in [-0.1, -0.05) is 38.0 Å². The first-order chi connectivity index (χ1) is 18.6. The molecule has 0 radical (unpaired) electrons. The lowest BCUT2D eigenvalue weighted by molar-refractivity contribution is -0.152. The number of carbonyl (C=O) groups excluding carboxylic acids is 3. The van der Waals surface area contributed by atoms with Gasteiger partial charge in [-0.15, -0.1) is 0 Å². The second-order valence-corrected chi connectivity index (χ2v) is 14.0. The van der Waals surface area contributed by atoms with Crippen molar-refractivity contribution in [1.82, 2.24) is 0 Å². The monoisotopic (exact) mass is 558 g/mol. The van der Waals surface area contributed by atoms with Gasteiger partial charge in [-0.2, -0.15) is 0 Å². The molecular weight excluding hydrogens is 508 g/mol. The molecule has 0 aromatic carbocycles. The highest BCUT2D eigenvalue weighted by molar-refractivity contribution is 5.88. The lowest BCUT2D eigenvalue weighted by atomic mass is 9.46. The third kappa shape index (κ3) is 5.05. The molecule has 1 saturated carbocycles. The number of rotatable bonds is 8. The van der Waals surface area contributed by atoms with Crippen molar-refractivity contribution >= 4 is 17.9 Å². The molecule has 1 heterocycles. The van der Waals surface area contributed by atoms with Gasteiger partial charge in [0.15, 0.2) is 0 Å². The molecule has 0 saturated heterocycles. The van der Waals surface area contributed by atoms with Crippen LogP contribution in [0, 0.1) is 34.0 Å². The summed E-state index contributed by atoms with van der Waals surface area (Å²) in [6.45, 7) is 14.2. The minimum atomic E-state index is -1.01. The quantitative estimate of drug-likeness (QED) is 0.219. The Balaban J connectivity index is 1.77. The van der Waals surface area contributed by atoms with E-state index in [1.165, 1.54) is 25.2 Å². The normalized spacial score (nSPS) is 36.7. The van der Waals surface area contributed by atoms with E-state index in [4.69, 9.17) is 14.2 Å². The summed E-state index contributed by atoms with van der Waals surface area (Å²) in [5.74, 6) is -0.372. The lowest BCUT2D eigenvalue weighted by Crippen LogP contribution is -2.54. The molecule has 7 heteroatoms. The summed E-state index contributed by atoms with van der Waals surface area (Å²) in [4.78, 5) is 36.9. The Morgan fingerprint density at radius 2 is 1.88 bits per heavy atom. The second-order valence-electron chi connectivity index (χ2n) is 14.0. The average molecular weight is 559 g/mol. The Morgan fingerprint density at radius 3 is 2.48 bits per heavy atom. The molecule has 0 amide bonds.